The second-order valence-electron chi connectivity index (χ2n) is 20.9. The number of hydrogen-bond donors (Lipinski definition) is 14. The number of aromatic nitrogens is 2. The molecule has 26 nitrogen and oxygen atoms in total. The fourth-order valence-electron chi connectivity index (χ4n) is 9.69. The van der Waals surface area contributed by atoms with Crippen molar-refractivity contribution in [2.75, 3.05) is 13.1 Å². The smallest absolute Gasteiger partial charge is 0.326 e. The van der Waals surface area contributed by atoms with Crippen molar-refractivity contribution in [3.8, 4) is 0 Å². The van der Waals surface area contributed by atoms with Gasteiger partial charge in [-0.25, -0.2) is 9.78 Å². The minimum atomic E-state index is -1.74. The summed E-state index contributed by atoms with van der Waals surface area (Å²) in [5.74, 6) is -9.18. The zero-order valence-corrected chi connectivity index (χ0v) is 45.2. The standard InChI is InChI=1S/C51H86N14O12/c1-29(2)22-37(45(71)58-30(3)43(69)61-36(50(76)77)19-13-21-56-51(53)54)62-46(72)38(23-32-14-7-5-8-15-32)63-47(73)39(24-33-16-9-6-10-17-33)64-49(75)41(26-42(67)68)65-44(70)35(18-11-12-20-52)60-48(74)40(59-31(4)66)25-34-27-55-28-57-34/h27-30,32-33,35-41H,5-26,52H2,1-4H3,(H,55,57)(H,58,71)(H,59,66)(H,60,74)(H,61,69)(H,62,72)(H,63,73)(H,64,75)(H,65,70)(H,67,68)(H,76,77)(H4,53,54,56)/t30-,35+,36+,37+,38-,39-,40+,41+/m1/s1. The number of imidazole rings is 1. The maximum atomic E-state index is 14.7. The highest BCUT2D eigenvalue weighted by atomic mass is 16.4. The van der Waals surface area contributed by atoms with Crippen LogP contribution in [0.5, 0.6) is 0 Å². The molecule has 3 rings (SSSR count). The molecule has 1 aromatic heterocycles. The highest BCUT2D eigenvalue weighted by Crippen LogP contribution is 2.29. The first kappa shape index (κ1) is 64.4. The lowest BCUT2D eigenvalue weighted by molar-refractivity contribution is -0.142. The van der Waals surface area contributed by atoms with E-state index in [2.05, 4.69) is 57.5 Å². The number of H-pyrrole nitrogens is 1. The third-order valence-corrected chi connectivity index (χ3v) is 13.8. The number of carboxylic acid groups (broad SMARTS) is 2. The molecule has 8 atom stereocenters. The van der Waals surface area contributed by atoms with E-state index in [4.69, 9.17) is 17.2 Å². The number of aliphatic carboxylic acids is 2. The summed E-state index contributed by atoms with van der Waals surface area (Å²) < 4.78 is 0. The van der Waals surface area contributed by atoms with Gasteiger partial charge in [-0.3, -0.25) is 48.1 Å². The largest absolute Gasteiger partial charge is 0.481 e. The van der Waals surface area contributed by atoms with Crippen LogP contribution in [-0.4, -0.2) is 147 Å². The van der Waals surface area contributed by atoms with Crippen LogP contribution in [0.1, 0.15) is 155 Å². The van der Waals surface area contributed by atoms with Crippen molar-refractivity contribution in [2.24, 2.45) is 39.9 Å². The van der Waals surface area contributed by atoms with Gasteiger partial charge in [0.05, 0.1) is 12.7 Å². The maximum Gasteiger partial charge on any atom is 0.326 e. The van der Waals surface area contributed by atoms with Crippen LogP contribution in [0.3, 0.4) is 0 Å². The number of guanidine groups is 1. The molecular weight excluding hydrogens is 1000 g/mol. The summed E-state index contributed by atoms with van der Waals surface area (Å²) in [7, 11) is 0. The average Bonchev–Trinajstić information content (AvgIpc) is 3.89. The molecule has 26 heteroatoms. The molecule has 432 valence electrons. The molecule has 0 spiro atoms. The Hall–Kier alpha value is -6.86. The van der Waals surface area contributed by atoms with Crippen LogP contribution in [0.4, 0.5) is 0 Å². The number of hydrogen-bond acceptors (Lipinski definition) is 13. The van der Waals surface area contributed by atoms with E-state index in [0.29, 0.717) is 18.5 Å². The summed E-state index contributed by atoms with van der Waals surface area (Å²) in [6, 6.07) is -10.4. The molecule has 17 N–H and O–H groups in total. The molecule has 8 amide bonds. The van der Waals surface area contributed by atoms with Crippen molar-refractivity contribution in [1.82, 2.24) is 52.5 Å². The molecule has 2 aliphatic carbocycles. The van der Waals surface area contributed by atoms with Crippen LogP contribution < -0.4 is 59.7 Å². The fourth-order valence-corrected chi connectivity index (χ4v) is 9.69. The molecule has 0 unspecified atom stereocenters. The Kier molecular flexibility index (Phi) is 28.5. The normalized spacial score (nSPS) is 17.1. The van der Waals surface area contributed by atoms with Crippen molar-refractivity contribution >= 4 is 65.2 Å². The molecule has 2 saturated carbocycles. The highest BCUT2D eigenvalue weighted by molar-refractivity contribution is 5.98. The Morgan fingerprint density at radius 1 is 0.610 bits per heavy atom. The van der Waals surface area contributed by atoms with E-state index in [0.717, 1.165) is 64.2 Å². The molecular formula is C51H86N14O12. The quantitative estimate of drug-likeness (QED) is 0.0237. The molecule has 0 aromatic carbocycles. The van der Waals surface area contributed by atoms with Crippen LogP contribution in [0.15, 0.2) is 17.5 Å². The van der Waals surface area contributed by atoms with Gasteiger partial charge in [-0.15, -0.1) is 0 Å². The van der Waals surface area contributed by atoms with Gasteiger partial charge in [-0.1, -0.05) is 78.1 Å². The molecule has 77 heavy (non-hydrogen) atoms. The number of amides is 8. The highest BCUT2D eigenvalue weighted by Gasteiger charge is 2.37. The Morgan fingerprint density at radius 3 is 1.58 bits per heavy atom. The minimum Gasteiger partial charge on any atom is -0.481 e. The van der Waals surface area contributed by atoms with Gasteiger partial charge in [0.1, 0.15) is 48.3 Å². The summed E-state index contributed by atoms with van der Waals surface area (Å²) in [5, 5.41) is 40.8. The van der Waals surface area contributed by atoms with Crippen LogP contribution in [0, 0.1) is 17.8 Å². The van der Waals surface area contributed by atoms with Crippen molar-refractivity contribution < 1.29 is 58.2 Å². The van der Waals surface area contributed by atoms with Crippen LogP contribution in [-0.2, 0) is 54.4 Å². The Morgan fingerprint density at radius 2 is 1.09 bits per heavy atom. The Balaban J connectivity index is 1.89. The monoisotopic (exact) mass is 1090 g/mol. The molecule has 1 aromatic rings. The van der Waals surface area contributed by atoms with Crippen molar-refractivity contribution in [1.29, 1.82) is 0 Å². The molecule has 2 fully saturated rings. The van der Waals surface area contributed by atoms with Gasteiger partial charge in [-0.05, 0) is 82.6 Å². The zero-order chi connectivity index (χ0) is 57.0. The van der Waals surface area contributed by atoms with Gasteiger partial charge in [0.2, 0.25) is 47.3 Å². The van der Waals surface area contributed by atoms with Gasteiger partial charge in [0.25, 0.3) is 0 Å². The van der Waals surface area contributed by atoms with Crippen LogP contribution in [0.2, 0.25) is 0 Å². The predicted molar refractivity (Wildman–Crippen MR) is 284 cm³/mol. The number of nitrogens with one attached hydrogen (secondary N) is 9. The zero-order valence-electron chi connectivity index (χ0n) is 45.2. The van der Waals surface area contributed by atoms with Crippen molar-refractivity contribution in [3.05, 3.63) is 18.2 Å². The fraction of sp³-hybridized carbons (Fsp3) is 0.725. The van der Waals surface area contributed by atoms with E-state index in [9.17, 15) is 58.2 Å². The molecule has 0 radical (unpaired) electrons. The summed E-state index contributed by atoms with van der Waals surface area (Å²) >= 11 is 0. The van der Waals surface area contributed by atoms with Crippen LogP contribution >= 0.6 is 0 Å². The summed E-state index contributed by atoms with van der Waals surface area (Å²) in [6.45, 7) is 6.66. The number of rotatable bonds is 34. The SMILES string of the molecule is CC(=O)N[C@@H](Cc1cnc[nH]1)C(=O)N[C@@H](CCCCN)C(=O)N[C@@H](CC(=O)O)C(=O)N[C@H](CC1CCCCC1)C(=O)N[C@H](CC1CCCCC1)C(=O)N[C@@H](CC(C)C)C(=O)N[C@H](C)C(=O)N[C@@H](CCCN=C(N)N)C(=O)O. The molecule has 0 aliphatic heterocycles. The molecule has 2 aliphatic rings. The number of nitrogens with two attached hydrogens (primary N) is 3. The molecule has 1 heterocycles. The topological polar surface area (TPSA) is 426 Å². The summed E-state index contributed by atoms with van der Waals surface area (Å²) in [5.41, 5.74) is 16.9. The van der Waals surface area contributed by atoms with Crippen LogP contribution in [0.25, 0.3) is 0 Å². The van der Waals surface area contributed by atoms with Crippen molar-refractivity contribution in [3.63, 3.8) is 0 Å². The Bertz CT molecular complexity index is 2130. The van der Waals surface area contributed by atoms with E-state index in [-0.39, 0.29) is 81.7 Å². The first-order valence-corrected chi connectivity index (χ1v) is 27.1. The summed E-state index contributed by atoms with van der Waals surface area (Å²) in [4.78, 5) is 145. The molecule has 0 bridgehead atoms. The number of carbonyl (C=O) groups excluding carboxylic acids is 8. The van der Waals surface area contributed by atoms with Gasteiger partial charge >= 0.3 is 11.9 Å². The van der Waals surface area contributed by atoms with E-state index in [1.165, 1.54) is 26.4 Å². The third kappa shape index (κ3) is 24.8. The van der Waals surface area contributed by atoms with E-state index < -0.39 is 114 Å². The van der Waals surface area contributed by atoms with E-state index in [1.54, 1.807) is 0 Å². The maximum absolute atomic E-state index is 14.7. The number of unbranched alkanes of at least 4 members (excludes halogenated alkanes) is 1. The van der Waals surface area contributed by atoms with Gasteiger partial charge in [0, 0.05) is 31.8 Å². The van der Waals surface area contributed by atoms with E-state index in [1.807, 2.05) is 13.8 Å². The average molecular weight is 1090 g/mol. The predicted octanol–water partition coefficient (Wildman–Crippen LogP) is -0.401. The lowest BCUT2D eigenvalue weighted by Crippen LogP contribution is -2.60. The first-order valence-electron chi connectivity index (χ1n) is 27.1. The second kappa shape index (κ2) is 34.0. The first-order chi connectivity index (χ1) is 36.6. The lowest BCUT2D eigenvalue weighted by atomic mass is 9.83. The van der Waals surface area contributed by atoms with Crippen molar-refractivity contribution in [2.45, 2.75) is 204 Å². The number of nitrogens with zero attached hydrogens (tertiary/aromatic N) is 2. The minimum absolute atomic E-state index is 0.00131. The number of aromatic amines is 1. The summed E-state index contributed by atoms with van der Waals surface area (Å²) in [6.07, 6.45) is 12.1. The number of carboxylic acids is 2. The lowest BCUT2D eigenvalue weighted by Gasteiger charge is -2.31. The number of aliphatic imine (C=N–C) groups is 1. The molecule has 0 saturated heterocycles. The number of carbonyl (C=O) groups is 10. The second-order valence-corrected chi connectivity index (χ2v) is 20.9. The Labute approximate surface area is 450 Å². The van der Waals surface area contributed by atoms with Gasteiger partial charge in [0.15, 0.2) is 5.96 Å². The van der Waals surface area contributed by atoms with Gasteiger partial charge in [-0.2, -0.15) is 0 Å². The van der Waals surface area contributed by atoms with Gasteiger partial charge < -0.3 is 74.9 Å². The third-order valence-electron chi connectivity index (χ3n) is 13.8. The van der Waals surface area contributed by atoms with E-state index >= 15 is 0 Å².